The fourth-order valence-corrected chi connectivity index (χ4v) is 2.01. The summed E-state index contributed by atoms with van der Waals surface area (Å²) in [5.41, 5.74) is -4.82. The van der Waals surface area contributed by atoms with E-state index in [4.69, 9.17) is 10.2 Å². The Morgan fingerprint density at radius 3 is 1.56 bits per heavy atom. The predicted molar refractivity (Wildman–Crippen MR) is 40.4 cm³/mol. The number of aliphatic hydroxyl groups excluding tert-OH is 1. The van der Waals surface area contributed by atoms with Crippen molar-refractivity contribution in [1.82, 2.24) is 0 Å². The molecule has 0 aromatic heterocycles. The molecule has 2 N–H and O–H groups in total. The van der Waals surface area contributed by atoms with Gasteiger partial charge in [0.05, 0.1) is 6.10 Å². The standard InChI is InChI=1S/C8H10F6O2/c9-7(10,11)6(16,8(12,13)14)4-2-1-3-5(4)15/h4-5,15-16H,1-3H2/t4-,5+/m1/s1. The lowest BCUT2D eigenvalue weighted by Gasteiger charge is -2.38. The van der Waals surface area contributed by atoms with Crippen LogP contribution in [0.3, 0.4) is 0 Å². The van der Waals surface area contributed by atoms with Crippen molar-refractivity contribution in [3.05, 3.63) is 0 Å². The van der Waals surface area contributed by atoms with Gasteiger partial charge in [0.2, 0.25) is 0 Å². The molecule has 16 heavy (non-hydrogen) atoms. The second-order valence-corrected chi connectivity index (χ2v) is 3.87. The number of alkyl halides is 6. The van der Waals surface area contributed by atoms with E-state index in [1.165, 1.54) is 0 Å². The van der Waals surface area contributed by atoms with Crippen molar-refractivity contribution in [2.24, 2.45) is 5.92 Å². The van der Waals surface area contributed by atoms with Gasteiger partial charge in [-0.15, -0.1) is 0 Å². The summed E-state index contributed by atoms with van der Waals surface area (Å²) in [5.74, 6) is -2.24. The topological polar surface area (TPSA) is 40.5 Å². The summed E-state index contributed by atoms with van der Waals surface area (Å²) >= 11 is 0. The Balaban J connectivity index is 3.15. The molecule has 2 atom stereocenters. The van der Waals surface area contributed by atoms with E-state index >= 15 is 0 Å². The first-order valence-corrected chi connectivity index (χ1v) is 4.55. The second kappa shape index (κ2) is 3.76. The van der Waals surface area contributed by atoms with Crippen LogP contribution < -0.4 is 0 Å². The minimum atomic E-state index is -5.85. The molecule has 1 fully saturated rings. The molecule has 0 aromatic carbocycles. The van der Waals surface area contributed by atoms with Gasteiger partial charge in [-0.2, -0.15) is 26.3 Å². The van der Waals surface area contributed by atoms with Gasteiger partial charge in [0, 0.05) is 5.92 Å². The third-order valence-electron chi connectivity index (χ3n) is 2.88. The van der Waals surface area contributed by atoms with Crippen molar-refractivity contribution < 1.29 is 36.6 Å². The van der Waals surface area contributed by atoms with Gasteiger partial charge in [0.1, 0.15) is 0 Å². The molecule has 0 radical (unpaired) electrons. The Bertz CT molecular complexity index is 244. The third kappa shape index (κ3) is 1.88. The van der Waals surface area contributed by atoms with Gasteiger partial charge < -0.3 is 10.2 Å². The van der Waals surface area contributed by atoms with Crippen LogP contribution in [0.4, 0.5) is 26.3 Å². The minimum Gasteiger partial charge on any atom is -0.393 e. The van der Waals surface area contributed by atoms with E-state index < -0.39 is 36.4 Å². The van der Waals surface area contributed by atoms with Gasteiger partial charge in [0.25, 0.3) is 5.60 Å². The third-order valence-corrected chi connectivity index (χ3v) is 2.88. The first kappa shape index (κ1) is 13.6. The number of halogens is 6. The zero-order valence-corrected chi connectivity index (χ0v) is 7.94. The summed E-state index contributed by atoms with van der Waals surface area (Å²) < 4.78 is 74.1. The van der Waals surface area contributed by atoms with Gasteiger partial charge >= 0.3 is 12.4 Å². The Morgan fingerprint density at radius 1 is 0.875 bits per heavy atom. The summed E-state index contributed by atoms with van der Waals surface area (Å²) in [6.07, 6.45) is -14.1. The maximum atomic E-state index is 12.3. The zero-order chi connectivity index (χ0) is 12.8. The maximum Gasteiger partial charge on any atom is 0.426 e. The second-order valence-electron chi connectivity index (χ2n) is 3.87. The van der Waals surface area contributed by atoms with Gasteiger partial charge in [-0.05, 0) is 12.8 Å². The summed E-state index contributed by atoms with van der Waals surface area (Å²) in [6.45, 7) is 0. The number of rotatable bonds is 1. The van der Waals surface area contributed by atoms with E-state index in [2.05, 4.69) is 0 Å². The highest BCUT2D eigenvalue weighted by molar-refractivity contribution is 5.03. The fraction of sp³-hybridized carbons (Fsp3) is 1.00. The van der Waals surface area contributed by atoms with Crippen molar-refractivity contribution in [1.29, 1.82) is 0 Å². The first-order valence-electron chi connectivity index (χ1n) is 4.55. The highest BCUT2D eigenvalue weighted by Crippen LogP contribution is 2.52. The molecule has 1 aliphatic carbocycles. The SMILES string of the molecule is O[C@H]1CCC[C@H]1C(O)(C(F)(F)F)C(F)(F)F. The summed E-state index contributed by atoms with van der Waals surface area (Å²) in [5, 5.41) is 18.0. The molecule has 1 saturated carbocycles. The van der Waals surface area contributed by atoms with E-state index in [1.54, 1.807) is 0 Å². The average molecular weight is 252 g/mol. The van der Waals surface area contributed by atoms with Crippen molar-refractivity contribution in [2.75, 3.05) is 0 Å². The molecule has 1 aliphatic rings. The van der Waals surface area contributed by atoms with E-state index in [0.29, 0.717) is 0 Å². The Morgan fingerprint density at radius 2 is 1.31 bits per heavy atom. The lowest BCUT2D eigenvalue weighted by atomic mass is 9.83. The number of hydrogen-bond donors (Lipinski definition) is 2. The van der Waals surface area contributed by atoms with Gasteiger partial charge in [0.15, 0.2) is 0 Å². The van der Waals surface area contributed by atoms with Gasteiger partial charge in [-0.25, -0.2) is 0 Å². The van der Waals surface area contributed by atoms with Gasteiger partial charge in [-0.1, -0.05) is 6.42 Å². The number of hydrogen-bond acceptors (Lipinski definition) is 2. The molecule has 96 valence electrons. The fourth-order valence-electron chi connectivity index (χ4n) is 2.01. The predicted octanol–water partition coefficient (Wildman–Crippen LogP) is 2.00. The first-order chi connectivity index (χ1) is 7.02. The van der Waals surface area contributed by atoms with Crippen molar-refractivity contribution in [3.8, 4) is 0 Å². The van der Waals surface area contributed by atoms with Crippen molar-refractivity contribution >= 4 is 0 Å². The average Bonchev–Trinajstić information content (AvgIpc) is 2.46. The molecule has 0 aromatic rings. The number of aliphatic hydroxyl groups is 2. The van der Waals surface area contributed by atoms with E-state index in [0.717, 1.165) is 0 Å². The molecular weight excluding hydrogens is 242 g/mol. The van der Waals surface area contributed by atoms with E-state index in [1.807, 2.05) is 0 Å². The summed E-state index contributed by atoms with van der Waals surface area (Å²) in [7, 11) is 0. The summed E-state index contributed by atoms with van der Waals surface area (Å²) in [6, 6.07) is 0. The van der Waals surface area contributed by atoms with Crippen LogP contribution >= 0.6 is 0 Å². The Kier molecular flexibility index (Phi) is 3.19. The van der Waals surface area contributed by atoms with Crippen LogP contribution in [0, 0.1) is 5.92 Å². The normalized spacial score (nSPS) is 28.5. The zero-order valence-electron chi connectivity index (χ0n) is 7.94. The molecule has 0 spiro atoms. The molecular formula is C8H10F6O2. The van der Waals surface area contributed by atoms with E-state index in [-0.39, 0.29) is 12.8 Å². The minimum absolute atomic E-state index is 0.0281. The van der Waals surface area contributed by atoms with Crippen LogP contribution in [0.1, 0.15) is 19.3 Å². The highest BCUT2D eigenvalue weighted by Gasteiger charge is 2.74. The largest absolute Gasteiger partial charge is 0.426 e. The van der Waals surface area contributed by atoms with Crippen LogP contribution in [-0.2, 0) is 0 Å². The molecule has 0 amide bonds. The molecule has 0 saturated heterocycles. The monoisotopic (exact) mass is 252 g/mol. The summed E-state index contributed by atoms with van der Waals surface area (Å²) in [4.78, 5) is 0. The maximum absolute atomic E-state index is 12.3. The molecule has 1 rings (SSSR count). The Labute approximate surface area is 86.9 Å². The lowest BCUT2D eigenvalue weighted by molar-refractivity contribution is -0.389. The van der Waals surface area contributed by atoms with Gasteiger partial charge in [-0.3, -0.25) is 0 Å². The molecule has 2 nitrogen and oxygen atoms in total. The molecule has 0 unspecified atom stereocenters. The highest BCUT2D eigenvalue weighted by atomic mass is 19.4. The lowest BCUT2D eigenvalue weighted by Crippen LogP contribution is -2.63. The van der Waals surface area contributed by atoms with Crippen LogP contribution in [-0.4, -0.2) is 34.3 Å². The Hall–Kier alpha value is -0.500. The van der Waals surface area contributed by atoms with Crippen LogP contribution in [0.15, 0.2) is 0 Å². The van der Waals surface area contributed by atoms with Crippen LogP contribution in [0.25, 0.3) is 0 Å². The molecule has 0 heterocycles. The smallest absolute Gasteiger partial charge is 0.393 e. The van der Waals surface area contributed by atoms with Crippen molar-refractivity contribution in [2.45, 2.75) is 43.3 Å². The molecule has 0 bridgehead atoms. The van der Waals surface area contributed by atoms with Crippen LogP contribution in [0.2, 0.25) is 0 Å². The van der Waals surface area contributed by atoms with E-state index in [9.17, 15) is 26.3 Å². The van der Waals surface area contributed by atoms with Crippen LogP contribution in [0.5, 0.6) is 0 Å². The molecule has 0 aliphatic heterocycles. The molecule has 8 heteroatoms. The van der Waals surface area contributed by atoms with Crippen molar-refractivity contribution in [3.63, 3.8) is 0 Å². The quantitative estimate of drug-likeness (QED) is 0.701.